The smallest absolute Gasteiger partial charge is 0.132 e. The summed E-state index contributed by atoms with van der Waals surface area (Å²) in [5.41, 5.74) is 0.695. The first-order valence-corrected chi connectivity index (χ1v) is 8.53. The minimum absolute atomic E-state index is 0.498. The molecule has 1 saturated carbocycles. The van der Waals surface area contributed by atoms with E-state index in [1.807, 2.05) is 6.26 Å². The molecule has 0 aromatic heterocycles. The number of hydrogen-bond donors (Lipinski definition) is 2. The van der Waals surface area contributed by atoms with E-state index in [4.69, 9.17) is 4.74 Å². The van der Waals surface area contributed by atoms with Crippen molar-refractivity contribution in [3.63, 3.8) is 0 Å². The normalized spacial score (nSPS) is 17.9. The topological polar surface area (TPSA) is 41.5 Å². The maximum absolute atomic E-state index is 10.4. The van der Waals surface area contributed by atoms with Gasteiger partial charge in [0.1, 0.15) is 5.75 Å². The summed E-state index contributed by atoms with van der Waals surface area (Å²) < 4.78 is 5.40. The summed E-state index contributed by atoms with van der Waals surface area (Å²) in [6, 6.07) is 6.28. The molecule has 0 radical (unpaired) electrons. The van der Waals surface area contributed by atoms with Crippen molar-refractivity contribution in [1.82, 2.24) is 5.32 Å². The molecule has 112 valence electrons. The molecule has 0 atom stereocenters. The van der Waals surface area contributed by atoms with Gasteiger partial charge in [0.25, 0.3) is 0 Å². The highest BCUT2D eigenvalue weighted by Crippen LogP contribution is 2.29. The molecule has 2 rings (SSSR count). The molecule has 4 heteroatoms. The summed E-state index contributed by atoms with van der Waals surface area (Å²) in [5.74, 6) is 0.924. The third kappa shape index (κ3) is 4.14. The summed E-state index contributed by atoms with van der Waals surface area (Å²) in [5, 5.41) is 13.8. The predicted molar refractivity (Wildman–Crippen MR) is 84.5 cm³/mol. The first-order valence-electron chi connectivity index (χ1n) is 7.31. The molecule has 0 amide bonds. The zero-order chi connectivity index (χ0) is 14.4. The Balaban J connectivity index is 1.87. The number of ether oxygens (including phenoxy) is 1. The Labute approximate surface area is 126 Å². The molecule has 0 unspecified atom stereocenters. The zero-order valence-electron chi connectivity index (χ0n) is 12.4. The number of thioether (sulfide) groups is 1. The molecule has 0 saturated heterocycles. The van der Waals surface area contributed by atoms with Crippen LogP contribution in [0, 0.1) is 0 Å². The monoisotopic (exact) mass is 295 g/mol. The maximum atomic E-state index is 10.4. The van der Waals surface area contributed by atoms with E-state index in [1.165, 1.54) is 12.0 Å². The summed E-state index contributed by atoms with van der Waals surface area (Å²) in [4.78, 5) is 1.15. The van der Waals surface area contributed by atoms with Gasteiger partial charge in [-0.15, -0.1) is 11.8 Å². The van der Waals surface area contributed by atoms with Crippen molar-refractivity contribution >= 4 is 11.8 Å². The molecule has 1 aromatic rings. The highest BCUT2D eigenvalue weighted by atomic mass is 32.2. The van der Waals surface area contributed by atoms with Gasteiger partial charge in [-0.05, 0) is 36.8 Å². The van der Waals surface area contributed by atoms with E-state index in [9.17, 15) is 5.11 Å². The number of benzene rings is 1. The molecule has 20 heavy (non-hydrogen) atoms. The molecule has 1 aliphatic carbocycles. The molecule has 1 fully saturated rings. The van der Waals surface area contributed by atoms with Gasteiger partial charge in [-0.2, -0.15) is 0 Å². The molecule has 0 heterocycles. The largest absolute Gasteiger partial charge is 0.496 e. The summed E-state index contributed by atoms with van der Waals surface area (Å²) in [6.45, 7) is 1.45. The Morgan fingerprint density at radius 3 is 2.70 bits per heavy atom. The number of hydrogen-bond acceptors (Lipinski definition) is 4. The molecule has 1 aromatic carbocycles. The van der Waals surface area contributed by atoms with Gasteiger partial charge < -0.3 is 15.2 Å². The summed E-state index contributed by atoms with van der Waals surface area (Å²) >= 11 is 1.69. The third-order valence-corrected chi connectivity index (χ3v) is 4.79. The average molecular weight is 295 g/mol. The van der Waals surface area contributed by atoms with Gasteiger partial charge in [0.05, 0.1) is 12.7 Å². The number of nitrogens with one attached hydrogen (secondary N) is 1. The first kappa shape index (κ1) is 15.7. The van der Waals surface area contributed by atoms with Crippen molar-refractivity contribution in [1.29, 1.82) is 0 Å². The number of methoxy groups -OCH3 is 1. The molecule has 1 aliphatic rings. The molecule has 0 spiro atoms. The first-order chi connectivity index (χ1) is 9.67. The molecule has 0 bridgehead atoms. The molecule has 2 N–H and O–H groups in total. The van der Waals surface area contributed by atoms with E-state index in [-0.39, 0.29) is 0 Å². The van der Waals surface area contributed by atoms with E-state index < -0.39 is 5.60 Å². The Morgan fingerprint density at radius 1 is 1.30 bits per heavy atom. The zero-order valence-corrected chi connectivity index (χ0v) is 13.3. The highest BCUT2D eigenvalue weighted by Gasteiger charge is 2.28. The lowest BCUT2D eigenvalue weighted by Crippen LogP contribution is -2.41. The van der Waals surface area contributed by atoms with E-state index in [1.54, 1.807) is 18.9 Å². The molecular formula is C16H25NO2S. The van der Waals surface area contributed by atoms with Crippen LogP contribution >= 0.6 is 11.8 Å². The average Bonchev–Trinajstić information content (AvgIpc) is 2.47. The van der Waals surface area contributed by atoms with Crippen LogP contribution in [0.15, 0.2) is 23.1 Å². The van der Waals surface area contributed by atoms with Crippen LogP contribution in [0.5, 0.6) is 5.75 Å². The highest BCUT2D eigenvalue weighted by molar-refractivity contribution is 7.98. The van der Waals surface area contributed by atoms with E-state index >= 15 is 0 Å². The molecule has 0 aliphatic heterocycles. The van der Waals surface area contributed by atoms with Gasteiger partial charge in [-0.1, -0.05) is 25.3 Å². The van der Waals surface area contributed by atoms with Crippen LogP contribution in [-0.2, 0) is 6.54 Å². The van der Waals surface area contributed by atoms with Crippen LogP contribution < -0.4 is 10.1 Å². The van der Waals surface area contributed by atoms with Gasteiger partial charge in [-0.3, -0.25) is 0 Å². The van der Waals surface area contributed by atoms with Crippen molar-refractivity contribution < 1.29 is 9.84 Å². The number of aliphatic hydroxyl groups is 1. The second-order valence-corrected chi connectivity index (χ2v) is 6.43. The second-order valence-electron chi connectivity index (χ2n) is 5.58. The fourth-order valence-corrected chi connectivity index (χ4v) is 3.36. The van der Waals surface area contributed by atoms with Crippen molar-refractivity contribution in [2.45, 2.75) is 49.1 Å². The van der Waals surface area contributed by atoms with Gasteiger partial charge in [0.15, 0.2) is 0 Å². The quantitative estimate of drug-likeness (QED) is 0.791. The lowest BCUT2D eigenvalue weighted by atomic mass is 9.85. The second kappa shape index (κ2) is 7.34. The van der Waals surface area contributed by atoms with Crippen molar-refractivity contribution in [3.05, 3.63) is 23.8 Å². The van der Waals surface area contributed by atoms with Gasteiger partial charge in [0, 0.05) is 18.0 Å². The van der Waals surface area contributed by atoms with Crippen molar-refractivity contribution in [2.75, 3.05) is 19.9 Å². The third-order valence-electron chi connectivity index (χ3n) is 4.02. The maximum Gasteiger partial charge on any atom is 0.132 e. The molecule has 3 nitrogen and oxygen atoms in total. The molecular weight excluding hydrogens is 270 g/mol. The lowest BCUT2D eigenvalue weighted by Gasteiger charge is -2.32. The van der Waals surface area contributed by atoms with Gasteiger partial charge in [-0.25, -0.2) is 0 Å². The van der Waals surface area contributed by atoms with Crippen LogP contribution in [-0.4, -0.2) is 30.6 Å². The summed E-state index contributed by atoms with van der Waals surface area (Å²) in [7, 11) is 1.71. The summed E-state index contributed by atoms with van der Waals surface area (Å²) in [6.07, 6.45) is 7.45. The predicted octanol–water partition coefficient (Wildman–Crippen LogP) is 3.20. The fourth-order valence-electron chi connectivity index (χ4n) is 2.82. The van der Waals surface area contributed by atoms with Crippen LogP contribution in [0.3, 0.4) is 0 Å². The Kier molecular flexibility index (Phi) is 5.75. The minimum atomic E-state index is -0.498. The van der Waals surface area contributed by atoms with Crippen LogP contribution in [0.4, 0.5) is 0 Å². The van der Waals surface area contributed by atoms with Crippen LogP contribution in [0.2, 0.25) is 0 Å². The van der Waals surface area contributed by atoms with E-state index in [0.717, 1.165) is 42.9 Å². The van der Waals surface area contributed by atoms with Gasteiger partial charge >= 0.3 is 0 Å². The van der Waals surface area contributed by atoms with Crippen molar-refractivity contribution in [3.8, 4) is 5.75 Å². The Hall–Kier alpha value is -0.710. The van der Waals surface area contributed by atoms with Gasteiger partial charge in [0.2, 0.25) is 0 Å². The standard InChI is InChI=1S/C16H25NO2S/c1-19-14-10-13(6-7-15(14)20-2)11-17-12-16(18)8-4-3-5-9-16/h6-7,10,17-18H,3-5,8-9,11-12H2,1-2H3. The number of rotatable bonds is 6. The SMILES string of the molecule is COc1cc(CNCC2(O)CCCCC2)ccc1SC. The van der Waals surface area contributed by atoms with Crippen LogP contribution in [0.1, 0.15) is 37.7 Å². The van der Waals surface area contributed by atoms with E-state index in [2.05, 4.69) is 23.5 Å². The minimum Gasteiger partial charge on any atom is -0.496 e. The van der Waals surface area contributed by atoms with Crippen molar-refractivity contribution in [2.24, 2.45) is 0 Å². The Morgan fingerprint density at radius 2 is 2.05 bits per heavy atom. The lowest BCUT2D eigenvalue weighted by molar-refractivity contribution is 0.00467. The fraction of sp³-hybridized carbons (Fsp3) is 0.625. The van der Waals surface area contributed by atoms with E-state index in [0.29, 0.717) is 6.54 Å². The Bertz CT molecular complexity index is 430. The van der Waals surface area contributed by atoms with Crippen LogP contribution in [0.25, 0.3) is 0 Å².